The van der Waals surface area contributed by atoms with Crippen LogP contribution in [0.25, 0.3) is 17.4 Å². The van der Waals surface area contributed by atoms with E-state index in [1.807, 2.05) is 12.1 Å². The summed E-state index contributed by atoms with van der Waals surface area (Å²) in [5, 5.41) is 9.60. The average Bonchev–Trinajstić information content (AvgIpc) is 2.94. The number of nitrogens with zero attached hydrogens (tertiary/aromatic N) is 1. The Morgan fingerprint density at radius 3 is 2.67 bits per heavy atom. The lowest BCUT2D eigenvalue weighted by Gasteiger charge is -1.98. The summed E-state index contributed by atoms with van der Waals surface area (Å²) in [6.45, 7) is 1.89. The molecule has 0 aliphatic heterocycles. The van der Waals surface area contributed by atoms with E-state index in [0.29, 0.717) is 16.5 Å². The highest BCUT2D eigenvalue weighted by Crippen LogP contribution is 2.24. The first-order chi connectivity index (χ1) is 10.1. The van der Waals surface area contributed by atoms with Gasteiger partial charge in [-0.05, 0) is 43.3 Å². The zero-order valence-electron chi connectivity index (χ0n) is 11.3. The van der Waals surface area contributed by atoms with Gasteiger partial charge in [0.15, 0.2) is 0 Å². The monoisotopic (exact) mass is 301 g/mol. The van der Waals surface area contributed by atoms with Gasteiger partial charge in [-0.3, -0.25) is 0 Å². The maximum atomic E-state index is 11.5. The Hall–Kier alpha value is -2.51. The highest BCUT2D eigenvalue weighted by Gasteiger charge is 2.11. The van der Waals surface area contributed by atoms with Crippen molar-refractivity contribution in [1.82, 2.24) is 0 Å². The van der Waals surface area contributed by atoms with Crippen LogP contribution in [0.5, 0.6) is 0 Å². The molecule has 0 radical (unpaired) electrons. The minimum Gasteiger partial charge on any atom is -0.462 e. The zero-order valence-corrected chi connectivity index (χ0v) is 12.1. The fraction of sp³-hybridized carbons (Fsp3) is 0.125. The molecule has 0 N–H and O–H groups in total. The third-order valence-corrected chi connectivity index (χ3v) is 2.91. The smallest absolute Gasteiger partial charge is 0.349 e. The van der Waals surface area contributed by atoms with E-state index >= 15 is 0 Å². The second-order valence-electron chi connectivity index (χ2n) is 4.10. The fourth-order valence-corrected chi connectivity index (χ4v) is 1.81. The molecule has 5 heteroatoms. The number of rotatable bonds is 4. The average molecular weight is 302 g/mol. The summed E-state index contributed by atoms with van der Waals surface area (Å²) in [4.78, 5) is 11.5. The van der Waals surface area contributed by atoms with E-state index in [1.165, 1.54) is 6.08 Å². The van der Waals surface area contributed by atoms with Crippen LogP contribution in [-0.2, 0) is 9.53 Å². The molecule has 0 unspecified atom stereocenters. The molecule has 106 valence electrons. The Kier molecular flexibility index (Phi) is 4.81. The molecule has 0 fully saturated rings. The van der Waals surface area contributed by atoms with Gasteiger partial charge in [0.1, 0.15) is 23.2 Å². The highest BCUT2D eigenvalue weighted by atomic mass is 35.5. The summed E-state index contributed by atoms with van der Waals surface area (Å²) in [5.41, 5.74) is 0.752. The molecular formula is C16H12ClNO3. The van der Waals surface area contributed by atoms with Crippen molar-refractivity contribution in [1.29, 1.82) is 5.26 Å². The number of hydrogen-bond donors (Lipinski definition) is 0. The van der Waals surface area contributed by atoms with E-state index in [1.54, 1.807) is 37.3 Å². The molecule has 0 atom stereocenters. The van der Waals surface area contributed by atoms with Gasteiger partial charge in [0.25, 0.3) is 0 Å². The number of furan rings is 1. The van der Waals surface area contributed by atoms with Crippen LogP contribution in [0.1, 0.15) is 12.7 Å². The Balaban J connectivity index is 2.25. The first-order valence-corrected chi connectivity index (χ1v) is 6.66. The Morgan fingerprint density at radius 2 is 2.05 bits per heavy atom. The van der Waals surface area contributed by atoms with Crippen molar-refractivity contribution in [3.05, 3.63) is 52.8 Å². The predicted octanol–water partition coefficient (Wildman–Crippen LogP) is 4.07. The Morgan fingerprint density at radius 1 is 1.33 bits per heavy atom. The highest BCUT2D eigenvalue weighted by molar-refractivity contribution is 6.30. The summed E-state index contributed by atoms with van der Waals surface area (Å²) in [7, 11) is 0. The summed E-state index contributed by atoms with van der Waals surface area (Å²) in [5.74, 6) is 0.369. The molecule has 0 saturated heterocycles. The van der Waals surface area contributed by atoms with Crippen molar-refractivity contribution in [2.45, 2.75) is 6.92 Å². The minimum absolute atomic E-state index is 0.103. The number of esters is 1. The number of nitriles is 1. The molecule has 4 nitrogen and oxygen atoms in total. The van der Waals surface area contributed by atoms with Crippen molar-refractivity contribution < 1.29 is 13.9 Å². The van der Waals surface area contributed by atoms with Crippen LogP contribution >= 0.6 is 11.6 Å². The molecule has 0 aliphatic carbocycles. The molecule has 1 aromatic heterocycles. The normalized spacial score (nSPS) is 11.0. The van der Waals surface area contributed by atoms with E-state index < -0.39 is 5.97 Å². The van der Waals surface area contributed by atoms with E-state index in [-0.39, 0.29) is 12.2 Å². The van der Waals surface area contributed by atoms with E-state index in [0.717, 1.165) is 5.56 Å². The van der Waals surface area contributed by atoms with Gasteiger partial charge in [-0.25, -0.2) is 4.79 Å². The molecule has 2 rings (SSSR count). The van der Waals surface area contributed by atoms with Crippen LogP contribution < -0.4 is 0 Å². The van der Waals surface area contributed by atoms with Crippen molar-refractivity contribution in [3.63, 3.8) is 0 Å². The predicted molar refractivity (Wildman–Crippen MR) is 79.4 cm³/mol. The van der Waals surface area contributed by atoms with Gasteiger partial charge in [-0.1, -0.05) is 11.6 Å². The van der Waals surface area contributed by atoms with Crippen molar-refractivity contribution in [2.24, 2.45) is 0 Å². The molecule has 1 heterocycles. The molecular weight excluding hydrogens is 290 g/mol. The summed E-state index contributed by atoms with van der Waals surface area (Å²) >= 11 is 5.83. The van der Waals surface area contributed by atoms with E-state index in [4.69, 9.17) is 26.0 Å². The molecule has 0 bridgehead atoms. The lowest BCUT2D eigenvalue weighted by atomic mass is 10.2. The second kappa shape index (κ2) is 6.78. The number of carbonyl (C=O) groups is 1. The van der Waals surface area contributed by atoms with Gasteiger partial charge in [0, 0.05) is 16.7 Å². The Labute approximate surface area is 127 Å². The summed E-state index contributed by atoms with van der Waals surface area (Å²) in [6, 6.07) is 12.4. The fourth-order valence-electron chi connectivity index (χ4n) is 1.69. The van der Waals surface area contributed by atoms with Crippen molar-refractivity contribution >= 4 is 23.6 Å². The topological polar surface area (TPSA) is 63.2 Å². The SMILES string of the molecule is CCOC(=O)/C(C#N)=C/c1ccc(-c2ccc(Cl)cc2)o1. The quantitative estimate of drug-likeness (QED) is 0.485. The van der Waals surface area contributed by atoms with Gasteiger partial charge in [0.05, 0.1) is 6.61 Å². The second-order valence-corrected chi connectivity index (χ2v) is 4.54. The third kappa shape index (κ3) is 3.74. The van der Waals surface area contributed by atoms with Crippen LogP contribution in [0.4, 0.5) is 0 Å². The van der Waals surface area contributed by atoms with Crippen molar-refractivity contribution in [2.75, 3.05) is 6.61 Å². The van der Waals surface area contributed by atoms with E-state index in [9.17, 15) is 4.79 Å². The van der Waals surface area contributed by atoms with E-state index in [2.05, 4.69) is 0 Å². The van der Waals surface area contributed by atoms with Crippen LogP contribution in [0.2, 0.25) is 5.02 Å². The molecule has 21 heavy (non-hydrogen) atoms. The summed E-state index contributed by atoms with van der Waals surface area (Å²) < 4.78 is 10.4. The third-order valence-electron chi connectivity index (χ3n) is 2.66. The summed E-state index contributed by atoms with van der Waals surface area (Å²) in [6.07, 6.45) is 1.36. The van der Waals surface area contributed by atoms with Crippen LogP contribution in [0.3, 0.4) is 0 Å². The lowest BCUT2D eigenvalue weighted by Crippen LogP contribution is -2.05. The number of halogens is 1. The number of benzene rings is 1. The largest absolute Gasteiger partial charge is 0.462 e. The standard InChI is InChI=1S/C16H12ClNO3/c1-2-20-16(19)12(10-18)9-14-7-8-15(21-14)11-3-5-13(17)6-4-11/h3-9H,2H2,1H3/b12-9+. The van der Waals surface area contributed by atoms with Crippen molar-refractivity contribution in [3.8, 4) is 17.4 Å². The van der Waals surface area contributed by atoms with Crippen LogP contribution in [0.15, 0.2) is 46.4 Å². The van der Waals surface area contributed by atoms with Gasteiger partial charge in [-0.15, -0.1) is 0 Å². The van der Waals surface area contributed by atoms with Gasteiger partial charge in [0.2, 0.25) is 0 Å². The van der Waals surface area contributed by atoms with Gasteiger partial charge < -0.3 is 9.15 Å². The number of hydrogen-bond acceptors (Lipinski definition) is 4. The molecule has 0 aliphatic rings. The zero-order chi connectivity index (χ0) is 15.2. The van der Waals surface area contributed by atoms with Crippen LogP contribution in [-0.4, -0.2) is 12.6 Å². The molecule has 0 amide bonds. The Bertz CT molecular complexity index is 708. The first kappa shape index (κ1) is 14.9. The molecule has 0 saturated carbocycles. The van der Waals surface area contributed by atoms with Crippen LogP contribution in [0, 0.1) is 11.3 Å². The maximum Gasteiger partial charge on any atom is 0.349 e. The number of carbonyl (C=O) groups excluding carboxylic acids is 1. The first-order valence-electron chi connectivity index (χ1n) is 6.28. The minimum atomic E-state index is -0.663. The molecule has 2 aromatic rings. The van der Waals surface area contributed by atoms with Gasteiger partial charge >= 0.3 is 5.97 Å². The maximum absolute atomic E-state index is 11.5. The lowest BCUT2D eigenvalue weighted by molar-refractivity contribution is -0.137. The molecule has 1 aromatic carbocycles. The number of ether oxygens (including phenoxy) is 1. The van der Waals surface area contributed by atoms with Gasteiger partial charge in [-0.2, -0.15) is 5.26 Å². The molecule has 0 spiro atoms.